The van der Waals surface area contributed by atoms with Crippen molar-refractivity contribution in [1.82, 2.24) is 20.2 Å². The Kier molecular flexibility index (Phi) is 10.9. The van der Waals surface area contributed by atoms with Gasteiger partial charge in [-0.05, 0) is 72.1 Å². The third-order valence-electron chi connectivity index (χ3n) is 9.55. The Morgan fingerprint density at radius 2 is 1.60 bits per heavy atom. The standard InChI is InChI=1S/C40H38FN5O6S/c1-49-34-18-30-32(19-35(34)50-23-27-15-28-20-46(21-29(28)16-27)40(48)51-22-26-11-6-3-7-12-26)42-24-43-38(30)52-33-14-8-13-31(37(33)41)44-39(53)45-36(47)17-25-9-4-2-5-10-25/h2-14,18-19,24,27-29H,15-17,20-23H2,1H3,(H2,44,45,47,53). The molecule has 2 amide bonds. The summed E-state index contributed by atoms with van der Waals surface area (Å²) in [6, 6.07) is 26.9. The van der Waals surface area contributed by atoms with Gasteiger partial charge < -0.3 is 34.5 Å². The lowest BCUT2D eigenvalue weighted by molar-refractivity contribution is -0.119. The molecular formula is C40H38FN5O6S. The largest absolute Gasteiger partial charge is 0.493 e. The van der Waals surface area contributed by atoms with E-state index in [1.54, 1.807) is 25.3 Å². The Hall–Kier alpha value is -5.82. The molecule has 11 nitrogen and oxygen atoms in total. The highest BCUT2D eigenvalue weighted by atomic mass is 32.1. The number of hydrogen-bond acceptors (Lipinski definition) is 9. The summed E-state index contributed by atoms with van der Waals surface area (Å²) in [7, 11) is 1.54. The number of aromatic nitrogens is 2. The predicted molar refractivity (Wildman–Crippen MR) is 200 cm³/mol. The number of hydrogen-bond donors (Lipinski definition) is 2. The van der Waals surface area contributed by atoms with Crippen molar-refractivity contribution in [3.8, 4) is 23.1 Å². The molecule has 0 spiro atoms. The van der Waals surface area contributed by atoms with E-state index in [1.807, 2.05) is 65.6 Å². The summed E-state index contributed by atoms with van der Waals surface area (Å²) in [5.41, 5.74) is 2.33. The maximum absolute atomic E-state index is 15.6. The number of nitrogens with one attached hydrogen (secondary N) is 2. The van der Waals surface area contributed by atoms with E-state index in [9.17, 15) is 9.59 Å². The number of methoxy groups -OCH3 is 1. The first-order valence-electron chi connectivity index (χ1n) is 17.3. The fourth-order valence-corrected chi connectivity index (χ4v) is 7.24. The van der Waals surface area contributed by atoms with Gasteiger partial charge in [-0.25, -0.2) is 19.2 Å². The SMILES string of the molecule is COc1cc2c(Oc3cccc(NC(=S)NC(=O)Cc4ccccc4)c3F)ncnc2cc1OCC1CC2CN(C(=O)OCc3ccccc3)CC2C1. The predicted octanol–water partition coefficient (Wildman–Crippen LogP) is 7.30. The normalized spacial score (nSPS) is 17.5. The molecule has 2 aliphatic rings. The van der Waals surface area contributed by atoms with Gasteiger partial charge >= 0.3 is 6.09 Å². The summed E-state index contributed by atoms with van der Waals surface area (Å²) < 4.78 is 39.1. The van der Waals surface area contributed by atoms with Crippen molar-refractivity contribution in [3.63, 3.8) is 0 Å². The fourth-order valence-electron chi connectivity index (χ4n) is 7.02. The number of halogens is 1. The molecule has 0 radical (unpaired) electrons. The molecular weight excluding hydrogens is 698 g/mol. The van der Waals surface area contributed by atoms with Crippen LogP contribution < -0.4 is 24.8 Å². The van der Waals surface area contributed by atoms with E-state index in [2.05, 4.69) is 20.6 Å². The molecule has 1 saturated carbocycles. The molecule has 0 bridgehead atoms. The first-order valence-corrected chi connectivity index (χ1v) is 17.8. The Morgan fingerprint density at radius 3 is 2.32 bits per heavy atom. The van der Waals surface area contributed by atoms with Crippen LogP contribution in [0.5, 0.6) is 23.1 Å². The van der Waals surface area contributed by atoms with Crippen molar-refractivity contribution in [3.05, 3.63) is 114 Å². The topological polar surface area (TPSA) is 124 Å². The molecule has 53 heavy (non-hydrogen) atoms. The lowest BCUT2D eigenvalue weighted by atomic mass is 10.0. The minimum atomic E-state index is -0.723. The molecule has 7 rings (SSSR count). The van der Waals surface area contributed by atoms with Crippen LogP contribution in [0, 0.1) is 23.6 Å². The van der Waals surface area contributed by atoms with Crippen LogP contribution in [0.25, 0.3) is 10.9 Å². The molecule has 2 N–H and O–H groups in total. The van der Waals surface area contributed by atoms with Crippen LogP contribution in [0.3, 0.4) is 0 Å². The smallest absolute Gasteiger partial charge is 0.410 e. The monoisotopic (exact) mass is 735 g/mol. The number of thiocarbonyl (C=S) groups is 1. The molecule has 1 aromatic heterocycles. The van der Waals surface area contributed by atoms with E-state index >= 15 is 4.39 Å². The third-order valence-corrected chi connectivity index (χ3v) is 9.75. The van der Waals surface area contributed by atoms with Crippen molar-refractivity contribution in [1.29, 1.82) is 0 Å². The van der Waals surface area contributed by atoms with Gasteiger partial charge in [0.05, 0.1) is 36.7 Å². The Balaban J connectivity index is 0.949. The molecule has 4 aromatic carbocycles. The molecule has 13 heteroatoms. The molecule has 1 aliphatic heterocycles. The van der Waals surface area contributed by atoms with E-state index in [0.29, 0.717) is 59.9 Å². The summed E-state index contributed by atoms with van der Waals surface area (Å²) in [6.07, 6.45) is 3.10. The van der Waals surface area contributed by atoms with E-state index < -0.39 is 5.82 Å². The zero-order valence-corrected chi connectivity index (χ0v) is 29.8. The molecule has 1 aliphatic carbocycles. The second-order valence-electron chi connectivity index (χ2n) is 13.2. The van der Waals surface area contributed by atoms with Gasteiger partial charge in [-0.3, -0.25) is 4.79 Å². The molecule has 2 atom stereocenters. The van der Waals surface area contributed by atoms with Gasteiger partial charge in [0, 0.05) is 19.2 Å². The van der Waals surface area contributed by atoms with Crippen LogP contribution in [0.15, 0.2) is 97.3 Å². The van der Waals surface area contributed by atoms with Crippen LogP contribution in [0.4, 0.5) is 14.9 Å². The Bertz CT molecular complexity index is 2090. The van der Waals surface area contributed by atoms with Crippen molar-refractivity contribution in [2.75, 3.05) is 32.1 Å². The molecule has 2 fully saturated rings. The van der Waals surface area contributed by atoms with E-state index in [-0.39, 0.29) is 47.5 Å². The van der Waals surface area contributed by atoms with Crippen molar-refractivity contribution in [2.24, 2.45) is 17.8 Å². The van der Waals surface area contributed by atoms with Crippen molar-refractivity contribution >= 4 is 45.9 Å². The van der Waals surface area contributed by atoms with Crippen molar-refractivity contribution < 1.29 is 32.9 Å². The number of rotatable bonds is 11. The Labute approximate surface area is 311 Å². The number of amides is 2. The number of nitrogens with zero attached hydrogens (tertiary/aromatic N) is 3. The summed E-state index contributed by atoms with van der Waals surface area (Å²) in [5.74, 6) is 1.06. The highest BCUT2D eigenvalue weighted by Crippen LogP contribution is 2.43. The molecule has 2 heterocycles. The Morgan fingerprint density at radius 1 is 0.887 bits per heavy atom. The molecule has 2 unspecified atom stereocenters. The van der Waals surface area contributed by atoms with Crippen LogP contribution >= 0.6 is 12.2 Å². The van der Waals surface area contributed by atoms with Crippen LogP contribution in [0.1, 0.15) is 24.0 Å². The number of benzene rings is 4. The minimum absolute atomic E-state index is 0.0193. The summed E-state index contributed by atoms with van der Waals surface area (Å²) in [6.45, 7) is 2.13. The second-order valence-corrected chi connectivity index (χ2v) is 13.6. The van der Waals surface area contributed by atoms with Gasteiger partial charge in [0.25, 0.3) is 0 Å². The summed E-state index contributed by atoms with van der Waals surface area (Å²) in [5, 5.41) is 5.76. The zero-order valence-electron chi connectivity index (χ0n) is 29.0. The first-order chi connectivity index (χ1) is 25.8. The third kappa shape index (κ3) is 8.63. The van der Waals surface area contributed by atoms with Crippen LogP contribution in [0.2, 0.25) is 0 Å². The number of likely N-dealkylation sites (tertiary alicyclic amines) is 1. The minimum Gasteiger partial charge on any atom is -0.493 e. The molecule has 5 aromatic rings. The van der Waals surface area contributed by atoms with Gasteiger partial charge in [0.2, 0.25) is 11.8 Å². The first kappa shape index (κ1) is 35.6. The highest BCUT2D eigenvalue weighted by molar-refractivity contribution is 7.80. The number of carbonyl (C=O) groups excluding carboxylic acids is 2. The second kappa shape index (κ2) is 16.2. The number of ether oxygens (including phenoxy) is 4. The maximum atomic E-state index is 15.6. The zero-order chi connectivity index (χ0) is 36.7. The average Bonchev–Trinajstić information content (AvgIpc) is 3.75. The fraction of sp³-hybridized carbons (Fsp3) is 0.275. The number of anilines is 1. The van der Waals surface area contributed by atoms with E-state index in [4.69, 9.17) is 31.2 Å². The highest BCUT2D eigenvalue weighted by Gasteiger charge is 2.43. The molecule has 272 valence electrons. The number of carbonyl (C=O) groups is 2. The van der Waals surface area contributed by atoms with Gasteiger partial charge in [-0.2, -0.15) is 0 Å². The van der Waals surface area contributed by atoms with E-state index in [0.717, 1.165) is 24.0 Å². The average molecular weight is 736 g/mol. The van der Waals surface area contributed by atoms with Gasteiger partial charge in [-0.15, -0.1) is 0 Å². The maximum Gasteiger partial charge on any atom is 0.410 e. The lowest BCUT2D eigenvalue weighted by Crippen LogP contribution is -2.35. The van der Waals surface area contributed by atoms with E-state index in [1.165, 1.54) is 18.5 Å². The van der Waals surface area contributed by atoms with Gasteiger partial charge in [-0.1, -0.05) is 66.7 Å². The van der Waals surface area contributed by atoms with Crippen molar-refractivity contribution in [2.45, 2.75) is 25.9 Å². The summed E-state index contributed by atoms with van der Waals surface area (Å²) >= 11 is 5.26. The lowest BCUT2D eigenvalue weighted by Gasteiger charge is -2.20. The molecule has 1 saturated heterocycles. The number of fused-ring (bicyclic) bond motifs is 2. The van der Waals surface area contributed by atoms with Crippen LogP contribution in [-0.4, -0.2) is 58.8 Å². The summed E-state index contributed by atoms with van der Waals surface area (Å²) in [4.78, 5) is 35.6. The van der Waals surface area contributed by atoms with Gasteiger partial charge in [0.15, 0.2) is 28.2 Å². The van der Waals surface area contributed by atoms with Gasteiger partial charge in [0.1, 0.15) is 12.9 Å². The van der Waals surface area contributed by atoms with Crippen LogP contribution in [-0.2, 0) is 22.6 Å². The quantitative estimate of drug-likeness (QED) is 0.134.